The Morgan fingerprint density at radius 3 is 2.11 bits per heavy atom. The summed E-state index contributed by atoms with van der Waals surface area (Å²) in [6.07, 6.45) is 1.77. The van der Waals surface area contributed by atoms with Crippen LogP contribution in [0.1, 0.15) is 0 Å². The Hall–Kier alpha value is -4.47. The molecule has 0 unspecified atom stereocenters. The van der Waals surface area contributed by atoms with E-state index in [1.54, 1.807) is 6.20 Å². The second kappa shape index (κ2) is 9.65. The number of hydrogen-bond acceptors (Lipinski definition) is 7. The minimum Gasteiger partial charge on any atom is -0.286 e. The molecule has 6 aromatic rings. The van der Waals surface area contributed by atoms with E-state index in [0.717, 1.165) is 27.3 Å². The minimum atomic E-state index is -0.327. The molecule has 0 aliphatic rings. The monoisotopic (exact) mass is 506 g/mol. The van der Waals surface area contributed by atoms with Crippen molar-refractivity contribution in [3.63, 3.8) is 0 Å². The highest BCUT2D eigenvalue weighted by atomic mass is 32.1. The molecule has 3 aromatic carbocycles. The van der Waals surface area contributed by atoms with Crippen LogP contribution < -0.4 is 5.56 Å². The number of thiazole rings is 2. The molecule has 0 spiro atoms. The average Bonchev–Trinajstić information content (AvgIpc) is 3.68. The Labute approximate surface area is 214 Å². The normalized spacial score (nSPS) is 11.3. The van der Waals surface area contributed by atoms with E-state index in [9.17, 15) is 4.79 Å². The largest absolute Gasteiger partial charge is 0.301 e. The molecule has 36 heavy (non-hydrogen) atoms. The van der Waals surface area contributed by atoms with Crippen LogP contribution in [0.4, 0.5) is 10.8 Å². The number of rotatable bonds is 6. The zero-order valence-corrected chi connectivity index (χ0v) is 20.4. The van der Waals surface area contributed by atoms with Crippen molar-refractivity contribution in [3.05, 3.63) is 113 Å². The van der Waals surface area contributed by atoms with Crippen molar-refractivity contribution >= 4 is 33.5 Å². The molecule has 0 atom stereocenters. The van der Waals surface area contributed by atoms with E-state index >= 15 is 0 Å². The molecule has 0 aliphatic carbocycles. The molecule has 0 aliphatic heterocycles. The first-order valence-corrected chi connectivity index (χ1v) is 12.8. The molecule has 7 nitrogen and oxygen atoms in total. The van der Waals surface area contributed by atoms with Gasteiger partial charge in [0.25, 0.3) is 0 Å². The van der Waals surface area contributed by atoms with Crippen LogP contribution in [0.5, 0.6) is 0 Å². The molecule has 174 valence electrons. The summed E-state index contributed by atoms with van der Waals surface area (Å²) in [4.78, 5) is 23.5. The van der Waals surface area contributed by atoms with Gasteiger partial charge in [-0.2, -0.15) is 4.68 Å². The molecule has 0 bridgehead atoms. The molecule has 6 rings (SSSR count). The first-order chi connectivity index (χ1) is 17.8. The number of H-pyrrole nitrogens is 1. The Balaban J connectivity index is 1.39. The highest BCUT2D eigenvalue weighted by molar-refractivity contribution is 7.18. The van der Waals surface area contributed by atoms with Gasteiger partial charge in [0.15, 0.2) is 5.69 Å². The van der Waals surface area contributed by atoms with Crippen LogP contribution in [-0.4, -0.2) is 19.7 Å². The van der Waals surface area contributed by atoms with Crippen molar-refractivity contribution in [2.45, 2.75) is 0 Å². The summed E-state index contributed by atoms with van der Waals surface area (Å²) in [5.74, 6) is 0. The highest BCUT2D eigenvalue weighted by Crippen LogP contribution is 2.33. The maximum absolute atomic E-state index is 13.5. The van der Waals surface area contributed by atoms with Gasteiger partial charge in [0, 0.05) is 22.7 Å². The summed E-state index contributed by atoms with van der Waals surface area (Å²) in [5, 5.41) is 14.8. The number of benzene rings is 3. The lowest BCUT2D eigenvalue weighted by molar-refractivity contribution is 0.843. The van der Waals surface area contributed by atoms with E-state index in [0.29, 0.717) is 16.0 Å². The van der Waals surface area contributed by atoms with Gasteiger partial charge < -0.3 is 0 Å². The minimum absolute atomic E-state index is 0.203. The van der Waals surface area contributed by atoms with Crippen LogP contribution in [0.15, 0.2) is 118 Å². The van der Waals surface area contributed by atoms with Gasteiger partial charge in [-0.25, -0.2) is 9.97 Å². The number of hydrogen-bond donors (Lipinski definition) is 1. The second-order valence-electron chi connectivity index (χ2n) is 7.80. The Morgan fingerprint density at radius 1 is 0.778 bits per heavy atom. The predicted octanol–water partition coefficient (Wildman–Crippen LogP) is 7.50. The molecule has 0 saturated heterocycles. The molecule has 0 fully saturated rings. The molecule has 9 heteroatoms. The summed E-state index contributed by atoms with van der Waals surface area (Å²) in [6.45, 7) is 0. The van der Waals surface area contributed by atoms with Crippen molar-refractivity contribution in [1.29, 1.82) is 0 Å². The van der Waals surface area contributed by atoms with Crippen molar-refractivity contribution < 1.29 is 0 Å². The maximum atomic E-state index is 13.5. The molecular weight excluding hydrogens is 488 g/mol. The topological polar surface area (TPSA) is 88.3 Å². The number of aromatic nitrogens is 4. The van der Waals surface area contributed by atoms with Crippen LogP contribution in [0.25, 0.3) is 38.1 Å². The van der Waals surface area contributed by atoms with Gasteiger partial charge in [-0.3, -0.25) is 9.89 Å². The molecular formula is C27H18N6OS2. The Bertz CT molecular complexity index is 1700. The smallest absolute Gasteiger partial charge is 0.286 e. The summed E-state index contributed by atoms with van der Waals surface area (Å²) in [7, 11) is 0. The van der Waals surface area contributed by atoms with E-state index < -0.39 is 0 Å². The molecule has 0 saturated carbocycles. The van der Waals surface area contributed by atoms with Gasteiger partial charge in [-0.1, -0.05) is 102 Å². The van der Waals surface area contributed by atoms with Crippen molar-refractivity contribution in [1.82, 2.24) is 19.7 Å². The second-order valence-corrected chi connectivity index (χ2v) is 9.64. The zero-order chi connectivity index (χ0) is 24.3. The standard InChI is InChI=1S/C27H18N6OS2/c34-25-24(30-31-26-28-16-22(36-26)19-12-6-2-7-13-19)23(20-14-8-3-9-15-20)32-33(25)27-29-21(17-35-27)18-10-4-1-5-11-18/h1-17,32H. The third-order valence-corrected chi connectivity index (χ3v) is 7.23. The SMILES string of the molecule is O=c1c(N=Nc2ncc(-c3ccccc3)s2)c(-c2ccccc2)[nH]n1-c1nc(-c2ccccc2)cs1. The first kappa shape index (κ1) is 22.0. The zero-order valence-electron chi connectivity index (χ0n) is 18.8. The first-order valence-electron chi connectivity index (χ1n) is 11.1. The van der Waals surface area contributed by atoms with Crippen LogP contribution in [-0.2, 0) is 0 Å². The quantitative estimate of drug-likeness (QED) is 0.237. The molecule has 3 heterocycles. The maximum Gasteiger partial charge on any atom is 0.301 e. The van der Waals surface area contributed by atoms with Crippen LogP contribution >= 0.6 is 22.7 Å². The van der Waals surface area contributed by atoms with E-state index in [2.05, 4.69) is 25.3 Å². The van der Waals surface area contributed by atoms with Crippen LogP contribution in [0.2, 0.25) is 0 Å². The lowest BCUT2D eigenvalue weighted by Gasteiger charge is -1.99. The van der Waals surface area contributed by atoms with Gasteiger partial charge in [0.05, 0.1) is 16.3 Å². The van der Waals surface area contributed by atoms with E-state index in [-0.39, 0.29) is 11.2 Å². The Kier molecular flexibility index (Phi) is 5.90. The Morgan fingerprint density at radius 2 is 1.42 bits per heavy atom. The van der Waals surface area contributed by atoms with Gasteiger partial charge in [-0.15, -0.1) is 21.6 Å². The predicted molar refractivity (Wildman–Crippen MR) is 145 cm³/mol. The third-order valence-electron chi connectivity index (χ3n) is 5.47. The van der Waals surface area contributed by atoms with Gasteiger partial charge in [-0.05, 0) is 5.56 Å². The van der Waals surface area contributed by atoms with Gasteiger partial charge in [0.1, 0.15) is 0 Å². The van der Waals surface area contributed by atoms with Gasteiger partial charge in [0.2, 0.25) is 10.3 Å². The fourth-order valence-electron chi connectivity index (χ4n) is 3.71. The van der Waals surface area contributed by atoms with Crippen molar-refractivity contribution in [2.75, 3.05) is 0 Å². The van der Waals surface area contributed by atoms with E-state index in [1.807, 2.05) is 96.4 Å². The van der Waals surface area contributed by atoms with Crippen LogP contribution in [0, 0.1) is 0 Å². The van der Waals surface area contributed by atoms with Crippen LogP contribution in [0.3, 0.4) is 0 Å². The molecule has 3 aromatic heterocycles. The van der Waals surface area contributed by atoms with E-state index in [4.69, 9.17) is 0 Å². The van der Waals surface area contributed by atoms with Crippen molar-refractivity contribution in [2.24, 2.45) is 10.2 Å². The number of aromatic amines is 1. The summed E-state index contributed by atoms with van der Waals surface area (Å²) >= 11 is 2.80. The number of nitrogens with zero attached hydrogens (tertiary/aromatic N) is 5. The fraction of sp³-hybridized carbons (Fsp3) is 0. The molecule has 0 radical (unpaired) electrons. The number of nitrogens with one attached hydrogen (secondary N) is 1. The summed E-state index contributed by atoms with van der Waals surface area (Å²) < 4.78 is 1.42. The lowest BCUT2D eigenvalue weighted by atomic mass is 10.1. The lowest BCUT2D eigenvalue weighted by Crippen LogP contribution is -2.13. The molecule has 1 N–H and O–H groups in total. The van der Waals surface area contributed by atoms with Gasteiger partial charge >= 0.3 is 5.56 Å². The number of azo groups is 1. The average molecular weight is 507 g/mol. The third kappa shape index (κ3) is 4.33. The summed E-state index contributed by atoms with van der Waals surface area (Å²) in [6, 6.07) is 29.4. The fourth-order valence-corrected chi connectivity index (χ4v) is 5.24. The van der Waals surface area contributed by atoms with E-state index in [1.165, 1.54) is 27.4 Å². The summed E-state index contributed by atoms with van der Waals surface area (Å²) in [5.41, 5.74) is 4.12. The highest BCUT2D eigenvalue weighted by Gasteiger charge is 2.19. The molecule has 0 amide bonds. The van der Waals surface area contributed by atoms with Crippen molar-refractivity contribution in [3.8, 4) is 38.1 Å².